The third-order valence-corrected chi connectivity index (χ3v) is 2.51. The molecule has 1 aromatic carbocycles. The van der Waals surface area contributed by atoms with Crippen LogP contribution in [0.5, 0.6) is 0 Å². The SMILES string of the molecule is Cc1ccc(CC(=O)NCCC(=O)O)c(C)c1. The first kappa shape index (κ1) is 13.2. The summed E-state index contributed by atoms with van der Waals surface area (Å²) in [5, 5.41) is 11.0. The van der Waals surface area contributed by atoms with Gasteiger partial charge in [-0.3, -0.25) is 9.59 Å². The number of carboxylic acids is 1. The Morgan fingerprint density at radius 3 is 2.59 bits per heavy atom. The van der Waals surface area contributed by atoms with E-state index in [1.54, 1.807) is 0 Å². The zero-order valence-electron chi connectivity index (χ0n) is 10.1. The molecule has 4 nitrogen and oxygen atoms in total. The van der Waals surface area contributed by atoms with E-state index in [1.165, 1.54) is 0 Å². The van der Waals surface area contributed by atoms with Gasteiger partial charge in [0.1, 0.15) is 0 Å². The summed E-state index contributed by atoms with van der Waals surface area (Å²) < 4.78 is 0. The van der Waals surface area contributed by atoms with Crippen LogP contribution in [0.25, 0.3) is 0 Å². The van der Waals surface area contributed by atoms with Crippen LogP contribution < -0.4 is 5.32 Å². The van der Waals surface area contributed by atoms with Crippen LogP contribution in [0, 0.1) is 13.8 Å². The van der Waals surface area contributed by atoms with Crippen molar-refractivity contribution in [1.29, 1.82) is 0 Å². The van der Waals surface area contributed by atoms with Crippen LogP contribution in [-0.2, 0) is 16.0 Å². The number of hydrogen-bond acceptors (Lipinski definition) is 2. The highest BCUT2D eigenvalue weighted by Crippen LogP contribution is 2.10. The lowest BCUT2D eigenvalue weighted by atomic mass is 10.0. The summed E-state index contributed by atoms with van der Waals surface area (Å²) in [6.45, 7) is 4.15. The Bertz CT molecular complexity index is 427. The first-order valence-electron chi connectivity index (χ1n) is 5.53. The van der Waals surface area contributed by atoms with E-state index >= 15 is 0 Å². The van der Waals surface area contributed by atoms with Crippen molar-refractivity contribution in [2.24, 2.45) is 0 Å². The fourth-order valence-electron chi connectivity index (χ4n) is 1.59. The molecule has 1 aromatic rings. The largest absolute Gasteiger partial charge is 0.481 e. The number of nitrogens with one attached hydrogen (secondary N) is 1. The Hall–Kier alpha value is -1.84. The number of amides is 1. The van der Waals surface area contributed by atoms with Crippen molar-refractivity contribution in [3.8, 4) is 0 Å². The van der Waals surface area contributed by atoms with E-state index in [-0.39, 0.29) is 18.9 Å². The molecule has 0 fully saturated rings. The molecule has 0 spiro atoms. The molecule has 17 heavy (non-hydrogen) atoms. The van der Waals surface area contributed by atoms with Crippen molar-refractivity contribution < 1.29 is 14.7 Å². The van der Waals surface area contributed by atoms with Gasteiger partial charge in [-0.15, -0.1) is 0 Å². The van der Waals surface area contributed by atoms with E-state index in [9.17, 15) is 9.59 Å². The number of carbonyl (C=O) groups is 2. The summed E-state index contributed by atoms with van der Waals surface area (Å²) >= 11 is 0. The average molecular weight is 235 g/mol. The van der Waals surface area contributed by atoms with Crippen LogP contribution in [0.4, 0.5) is 0 Å². The maximum Gasteiger partial charge on any atom is 0.305 e. The van der Waals surface area contributed by atoms with E-state index in [4.69, 9.17) is 5.11 Å². The average Bonchev–Trinajstić information content (AvgIpc) is 2.21. The van der Waals surface area contributed by atoms with Gasteiger partial charge in [0.05, 0.1) is 12.8 Å². The minimum Gasteiger partial charge on any atom is -0.481 e. The molecule has 1 amide bonds. The quantitative estimate of drug-likeness (QED) is 0.811. The molecule has 2 N–H and O–H groups in total. The second-order valence-electron chi connectivity index (χ2n) is 4.10. The Labute approximate surface area is 101 Å². The molecule has 0 saturated heterocycles. The lowest BCUT2D eigenvalue weighted by Gasteiger charge is -2.07. The van der Waals surface area contributed by atoms with Crippen molar-refractivity contribution in [2.45, 2.75) is 26.7 Å². The second-order valence-corrected chi connectivity index (χ2v) is 4.10. The Morgan fingerprint density at radius 2 is 2.00 bits per heavy atom. The summed E-state index contributed by atoms with van der Waals surface area (Å²) in [5.74, 6) is -1.05. The molecule has 0 aromatic heterocycles. The van der Waals surface area contributed by atoms with Crippen molar-refractivity contribution >= 4 is 11.9 Å². The summed E-state index contributed by atoms with van der Waals surface area (Å²) in [7, 11) is 0. The molecule has 0 saturated carbocycles. The molecule has 0 bridgehead atoms. The van der Waals surface area contributed by atoms with E-state index in [1.807, 2.05) is 32.0 Å². The first-order valence-corrected chi connectivity index (χ1v) is 5.53. The van der Waals surface area contributed by atoms with E-state index < -0.39 is 5.97 Å². The van der Waals surface area contributed by atoms with Gasteiger partial charge in [-0.2, -0.15) is 0 Å². The van der Waals surface area contributed by atoms with Crippen molar-refractivity contribution in [3.05, 3.63) is 34.9 Å². The van der Waals surface area contributed by atoms with Crippen LogP contribution in [0.15, 0.2) is 18.2 Å². The lowest BCUT2D eigenvalue weighted by Crippen LogP contribution is -2.27. The molecule has 4 heteroatoms. The molecule has 0 radical (unpaired) electrons. The molecule has 1 rings (SSSR count). The third kappa shape index (κ3) is 4.68. The Kier molecular flexibility index (Phi) is 4.69. The van der Waals surface area contributed by atoms with Crippen molar-refractivity contribution in [3.63, 3.8) is 0 Å². The normalized spacial score (nSPS) is 10.0. The van der Waals surface area contributed by atoms with Gasteiger partial charge in [-0.1, -0.05) is 23.8 Å². The van der Waals surface area contributed by atoms with Gasteiger partial charge in [0, 0.05) is 6.54 Å². The standard InChI is InChI=1S/C13H17NO3/c1-9-3-4-11(10(2)7-9)8-12(15)14-6-5-13(16)17/h3-4,7H,5-6,8H2,1-2H3,(H,14,15)(H,16,17). The maximum atomic E-state index is 11.5. The van der Waals surface area contributed by atoms with Gasteiger partial charge in [0.2, 0.25) is 5.91 Å². The molecular weight excluding hydrogens is 218 g/mol. The fraction of sp³-hybridized carbons (Fsp3) is 0.385. The summed E-state index contributed by atoms with van der Waals surface area (Å²) in [5.41, 5.74) is 3.22. The summed E-state index contributed by atoms with van der Waals surface area (Å²) in [6.07, 6.45) is 0.254. The van der Waals surface area contributed by atoms with E-state index in [0.29, 0.717) is 6.42 Å². The van der Waals surface area contributed by atoms with E-state index in [0.717, 1.165) is 16.7 Å². The highest BCUT2D eigenvalue weighted by molar-refractivity contribution is 5.79. The monoisotopic (exact) mass is 235 g/mol. The molecule has 92 valence electrons. The van der Waals surface area contributed by atoms with Crippen LogP contribution >= 0.6 is 0 Å². The molecule has 0 aliphatic carbocycles. The highest BCUT2D eigenvalue weighted by atomic mass is 16.4. The van der Waals surface area contributed by atoms with Gasteiger partial charge in [0.25, 0.3) is 0 Å². The van der Waals surface area contributed by atoms with Gasteiger partial charge in [0.15, 0.2) is 0 Å². The maximum absolute atomic E-state index is 11.5. The predicted octanol–water partition coefficient (Wildman–Crippen LogP) is 1.44. The third-order valence-electron chi connectivity index (χ3n) is 2.51. The number of rotatable bonds is 5. The highest BCUT2D eigenvalue weighted by Gasteiger charge is 2.06. The van der Waals surface area contributed by atoms with Gasteiger partial charge >= 0.3 is 5.97 Å². The number of aliphatic carboxylic acids is 1. The summed E-state index contributed by atoms with van der Waals surface area (Å²) in [4.78, 5) is 21.8. The van der Waals surface area contributed by atoms with Gasteiger partial charge in [-0.25, -0.2) is 0 Å². The first-order chi connectivity index (χ1) is 7.99. The molecule has 0 heterocycles. The van der Waals surface area contributed by atoms with Crippen LogP contribution in [0.2, 0.25) is 0 Å². The van der Waals surface area contributed by atoms with E-state index in [2.05, 4.69) is 5.32 Å². The number of carbonyl (C=O) groups excluding carboxylic acids is 1. The van der Waals surface area contributed by atoms with Crippen molar-refractivity contribution in [2.75, 3.05) is 6.54 Å². The molecule has 0 atom stereocenters. The number of benzene rings is 1. The molecule has 0 aliphatic rings. The summed E-state index contributed by atoms with van der Waals surface area (Å²) in [6, 6.07) is 5.92. The molecular formula is C13H17NO3. The zero-order valence-corrected chi connectivity index (χ0v) is 10.1. The number of hydrogen-bond donors (Lipinski definition) is 2. The zero-order chi connectivity index (χ0) is 12.8. The Morgan fingerprint density at radius 1 is 1.29 bits per heavy atom. The minimum absolute atomic E-state index is 0.0430. The Balaban J connectivity index is 2.48. The predicted molar refractivity (Wildman–Crippen MR) is 64.9 cm³/mol. The molecule has 0 aliphatic heterocycles. The van der Waals surface area contributed by atoms with Crippen LogP contribution in [-0.4, -0.2) is 23.5 Å². The number of aryl methyl sites for hydroxylation is 2. The minimum atomic E-state index is -0.906. The van der Waals surface area contributed by atoms with Crippen molar-refractivity contribution in [1.82, 2.24) is 5.32 Å². The fourth-order valence-corrected chi connectivity index (χ4v) is 1.59. The topological polar surface area (TPSA) is 66.4 Å². The lowest BCUT2D eigenvalue weighted by molar-refractivity contribution is -0.136. The molecule has 0 unspecified atom stereocenters. The second kappa shape index (κ2) is 6.03. The van der Waals surface area contributed by atoms with Gasteiger partial charge < -0.3 is 10.4 Å². The van der Waals surface area contributed by atoms with Crippen LogP contribution in [0.1, 0.15) is 23.1 Å². The number of carboxylic acid groups (broad SMARTS) is 1. The van der Waals surface area contributed by atoms with Gasteiger partial charge in [-0.05, 0) is 25.0 Å². The smallest absolute Gasteiger partial charge is 0.305 e. The van der Waals surface area contributed by atoms with Crippen LogP contribution in [0.3, 0.4) is 0 Å².